The Kier molecular flexibility index (Phi) is 4.71. The van der Waals surface area contributed by atoms with Crippen molar-refractivity contribution in [2.24, 2.45) is 13.0 Å². The fraction of sp³-hybridized carbons (Fsp3) is 0.375. The summed E-state index contributed by atoms with van der Waals surface area (Å²) in [6.45, 7) is 2.60. The number of anilines is 2. The second kappa shape index (κ2) is 6.91. The van der Waals surface area contributed by atoms with E-state index in [1.807, 2.05) is 31.3 Å². The van der Waals surface area contributed by atoms with Crippen LogP contribution in [0.1, 0.15) is 6.42 Å². The summed E-state index contributed by atoms with van der Waals surface area (Å²) in [6, 6.07) is 7.69. The number of aromatic nitrogens is 2. The zero-order valence-corrected chi connectivity index (χ0v) is 13.8. The summed E-state index contributed by atoms with van der Waals surface area (Å²) in [6.07, 6.45) is 4.45. The summed E-state index contributed by atoms with van der Waals surface area (Å²) in [5.41, 5.74) is 1.87. The zero-order chi connectivity index (χ0) is 16.2. The summed E-state index contributed by atoms with van der Waals surface area (Å²) in [7, 11) is 1.81. The largest absolute Gasteiger partial charge is 0.371 e. The predicted molar refractivity (Wildman–Crippen MR) is 92.0 cm³/mol. The van der Waals surface area contributed by atoms with E-state index in [0.29, 0.717) is 18.2 Å². The Labute approximate surface area is 140 Å². The van der Waals surface area contributed by atoms with Gasteiger partial charge in [-0.15, -0.1) is 0 Å². The minimum atomic E-state index is -0.192. The van der Waals surface area contributed by atoms with E-state index in [0.717, 1.165) is 24.5 Å². The molecule has 3 rings (SSSR count). The second-order valence-electron chi connectivity index (χ2n) is 5.81. The summed E-state index contributed by atoms with van der Waals surface area (Å²) in [5.74, 6) is 0.449. The van der Waals surface area contributed by atoms with Crippen LogP contribution in [0.4, 0.5) is 16.2 Å². The summed E-state index contributed by atoms with van der Waals surface area (Å²) in [4.78, 5) is 14.2. The first kappa shape index (κ1) is 15.7. The molecule has 0 bridgehead atoms. The van der Waals surface area contributed by atoms with Gasteiger partial charge in [0.1, 0.15) is 0 Å². The Bertz CT molecular complexity index is 669. The third-order valence-electron chi connectivity index (χ3n) is 3.99. The molecule has 0 radical (unpaired) electrons. The molecule has 6 nitrogen and oxygen atoms in total. The molecule has 122 valence electrons. The lowest BCUT2D eigenvalue weighted by Crippen LogP contribution is -2.34. The third-order valence-corrected chi connectivity index (χ3v) is 4.24. The van der Waals surface area contributed by atoms with Gasteiger partial charge in [-0.3, -0.25) is 4.68 Å². The predicted octanol–water partition coefficient (Wildman–Crippen LogP) is 2.72. The normalized spacial score (nSPS) is 17.3. The molecule has 23 heavy (non-hydrogen) atoms. The molecule has 1 aliphatic heterocycles. The van der Waals surface area contributed by atoms with Crippen LogP contribution in [-0.4, -0.2) is 35.4 Å². The third kappa shape index (κ3) is 4.16. The van der Waals surface area contributed by atoms with Gasteiger partial charge in [-0.05, 0) is 36.6 Å². The molecular formula is C16H20ClN5O. The van der Waals surface area contributed by atoms with E-state index >= 15 is 0 Å². The SMILES string of the molecule is Cn1cc(NC(=O)NCC2CCN(c3ccc(Cl)cc3)C2)cn1. The number of carbonyl (C=O) groups is 1. The van der Waals surface area contributed by atoms with E-state index in [4.69, 9.17) is 11.6 Å². The number of hydrogen-bond acceptors (Lipinski definition) is 3. The molecule has 1 atom stereocenters. The molecule has 1 aromatic heterocycles. The number of hydrogen-bond donors (Lipinski definition) is 2. The van der Waals surface area contributed by atoms with Gasteiger partial charge in [0.2, 0.25) is 0 Å². The van der Waals surface area contributed by atoms with Crippen molar-refractivity contribution >= 4 is 29.0 Å². The van der Waals surface area contributed by atoms with Gasteiger partial charge in [-0.1, -0.05) is 11.6 Å². The van der Waals surface area contributed by atoms with Crippen molar-refractivity contribution in [1.82, 2.24) is 15.1 Å². The topological polar surface area (TPSA) is 62.2 Å². The van der Waals surface area contributed by atoms with Gasteiger partial charge < -0.3 is 15.5 Å². The highest BCUT2D eigenvalue weighted by Crippen LogP contribution is 2.24. The maximum atomic E-state index is 11.9. The minimum absolute atomic E-state index is 0.192. The molecule has 7 heteroatoms. The fourth-order valence-corrected chi connectivity index (χ4v) is 2.91. The molecule has 2 amide bonds. The van der Waals surface area contributed by atoms with E-state index in [9.17, 15) is 4.79 Å². The Morgan fingerprint density at radius 3 is 2.87 bits per heavy atom. The van der Waals surface area contributed by atoms with Gasteiger partial charge in [0.05, 0.1) is 11.9 Å². The molecule has 0 aliphatic carbocycles. The van der Waals surface area contributed by atoms with Gasteiger partial charge in [0, 0.05) is 43.6 Å². The van der Waals surface area contributed by atoms with Crippen LogP contribution >= 0.6 is 11.6 Å². The minimum Gasteiger partial charge on any atom is -0.371 e. The van der Waals surface area contributed by atoms with Crippen molar-refractivity contribution in [3.05, 3.63) is 41.7 Å². The Balaban J connectivity index is 1.44. The average Bonchev–Trinajstić information content (AvgIpc) is 3.15. The van der Waals surface area contributed by atoms with Crippen molar-refractivity contribution in [3.8, 4) is 0 Å². The van der Waals surface area contributed by atoms with Crippen LogP contribution in [0, 0.1) is 5.92 Å². The van der Waals surface area contributed by atoms with Gasteiger partial charge in [0.25, 0.3) is 0 Å². The Morgan fingerprint density at radius 1 is 1.39 bits per heavy atom. The number of nitrogens with one attached hydrogen (secondary N) is 2. The van der Waals surface area contributed by atoms with E-state index in [-0.39, 0.29) is 6.03 Å². The lowest BCUT2D eigenvalue weighted by atomic mass is 10.1. The fourth-order valence-electron chi connectivity index (χ4n) is 2.78. The standard InChI is InChI=1S/C16H20ClN5O/c1-21-11-14(9-19-21)20-16(23)18-8-12-6-7-22(10-12)15-4-2-13(17)3-5-15/h2-5,9,11-12H,6-8,10H2,1H3,(H2,18,20,23). The summed E-state index contributed by atoms with van der Waals surface area (Å²) >= 11 is 5.92. The van der Waals surface area contributed by atoms with Gasteiger partial charge in [-0.25, -0.2) is 4.79 Å². The number of nitrogens with zero attached hydrogens (tertiary/aromatic N) is 3. The van der Waals surface area contributed by atoms with Gasteiger partial charge >= 0.3 is 6.03 Å². The first-order chi connectivity index (χ1) is 11.1. The maximum Gasteiger partial charge on any atom is 0.319 e. The molecule has 0 spiro atoms. The molecule has 1 saturated heterocycles. The number of benzene rings is 1. The lowest BCUT2D eigenvalue weighted by molar-refractivity contribution is 0.250. The quantitative estimate of drug-likeness (QED) is 0.904. The first-order valence-corrected chi connectivity index (χ1v) is 8.02. The van der Waals surface area contributed by atoms with E-state index in [1.54, 1.807) is 17.1 Å². The van der Waals surface area contributed by atoms with Crippen molar-refractivity contribution in [2.75, 3.05) is 29.9 Å². The molecule has 1 aromatic carbocycles. The van der Waals surface area contributed by atoms with Crippen molar-refractivity contribution in [2.45, 2.75) is 6.42 Å². The molecule has 2 aromatic rings. The highest BCUT2D eigenvalue weighted by atomic mass is 35.5. The second-order valence-corrected chi connectivity index (χ2v) is 6.25. The van der Waals surface area contributed by atoms with Crippen molar-refractivity contribution in [1.29, 1.82) is 0 Å². The number of amides is 2. The van der Waals surface area contributed by atoms with E-state index < -0.39 is 0 Å². The smallest absolute Gasteiger partial charge is 0.319 e. The molecule has 1 unspecified atom stereocenters. The summed E-state index contributed by atoms with van der Waals surface area (Å²) in [5, 5.41) is 10.5. The number of halogens is 1. The van der Waals surface area contributed by atoms with Crippen LogP contribution in [0.5, 0.6) is 0 Å². The number of rotatable bonds is 4. The van der Waals surface area contributed by atoms with Gasteiger partial charge in [0.15, 0.2) is 0 Å². The molecule has 2 N–H and O–H groups in total. The van der Waals surface area contributed by atoms with Crippen LogP contribution in [-0.2, 0) is 7.05 Å². The lowest BCUT2D eigenvalue weighted by Gasteiger charge is -2.19. The van der Waals surface area contributed by atoms with E-state index in [2.05, 4.69) is 20.6 Å². The van der Waals surface area contributed by atoms with Gasteiger partial charge in [-0.2, -0.15) is 5.10 Å². The van der Waals surface area contributed by atoms with Crippen LogP contribution in [0.2, 0.25) is 5.02 Å². The molecule has 2 heterocycles. The Hall–Kier alpha value is -2.21. The monoisotopic (exact) mass is 333 g/mol. The summed E-state index contributed by atoms with van der Waals surface area (Å²) < 4.78 is 1.65. The molecule has 1 aliphatic rings. The van der Waals surface area contributed by atoms with Crippen molar-refractivity contribution < 1.29 is 4.79 Å². The van der Waals surface area contributed by atoms with Crippen LogP contribution in [0.15, 0.2) is 36.7 Å². The van der Waals surface area contributed by atoms with Crippen LogP contribution < -0.4 is 15.5 Å². The molecule has 1 fully saturated rings. The van der Waals surface area contributed by atoms with Crippen LogP contribution in [0.25, 0.3) is 0 Å². The van der Waals surface area contributed by atoms with Crippen LogP contribution in [0.3, 0.4) is 0 Å². The van der Waals surface area contributed by atoms with Crippen molar-refractivity contribution in [3.63, 3.8) is 0 Å². The average molecular weight is 334 g/mol. The molecule has 0 saturated carbocycles. The Morgan fingerprint density at radius 2 is 2.17 bits per heavy atom. The number of carbonyl (C=O) groups excluding carboxylic acids is 1. The zero-order valence-electron chi connectivity index (χ0n) is 13.0. The maximum absolute atomic E-state index is 11.9. The van der Waals surface area contributed by atoms with E-state index in [1.165, 1.54) is 5.69 Å². The number of aryl methyl sites for hydroxylation is 1. The molecular weight excluding hydrogens is 314 g/mol. The highest BCUT2D eigenvalue weighted by Gasteiger charge is 2.23. The number of urea groups is 1. The highest BCUT2D eigenvalue weighted by molar-refractivity contribution is 6.30. The first-order valence-electron chi connectivity index (χ1n) is 7.64.